The quantitative estimate of drug-likeness (QED) is 0.555. The van der Waals surface area contributed by atoms with Crippen LogP contribution in [0.1, 0.15) is 20.3 Å². The summed E-state index contributed by atoms with van der Waals surface area (Å²) < 4.78 is 0. The van der Waals surface area contributed by atoms with E-state index in [2.05, 4.69) is 0 Å². The monoisotopic (exact) mass is 156 g/mol. The zero-order chi connectivity index (χ0) is 8.43. The standard InChI is InChI=1S/C9H16O2/c1-6-3-4-9(11)7(2)8(6)5-10/h3,7-11H,4-5H2,1-2H3. The average molecular weight is 156 g/mol. The number of hydrogen-bond donors (Lipinski definition) is 2. The lowest BCUT2D eigenvalue weighted by Gasteiger charge is -2.31. The van der Waals surface area contributed by atoms with E-state index in [-0.39, 0.29) is 24.5 Å². The maximum Gasteiger partial charge on any atom is 0.0606 e. The smallest absolute Gasteiger partial charge is 0.0606 e. The van der Waals surface area contributed by atoms with Gasteiger partial charge in [0.1, 0.15) is 0 Å². The van der Waals surface area contributed by atoms with Gasteiger partial charge < -0.3 is 10.2 Å². The molecule has 0 aromatic rings. The van der Waals surface area contributed by atoms with E-state index < -0.39 is 0 Å². The van der Waals surface area contributed by atoms with Crippen molar-refractivity contribution < 1.29 is 10.2 Å². The minimum Gasteiger partial charge on any atom is -0.396 e. The summed E-state index contributed by atoms with van der Waals surface area (Å²) in [5.74, 6) is 0.365. The molecule has 0 radical (unpaired) electrons. The molecule has 11 heavy (non-hydrogen) atoms. The molecule has 1 aliphatic rings. The van der Waals surface area contributed by atoms with Gasteiger partial charge in [0.05, 0.1) is 6.10 Å². The van der Waals surface area contributed by atoms with Crippen molar-refractivity contribution in [3.63, 3.8) is 0 Å². The lowest BCUT2D eigenvalue weighted by atomic mass is 9.79. The van der Waals surface area contributed by atoms with E-state index in [1.807, 2.05) is 19.9 Å². The fourth-order valence-electron chi connectivity index (χ4n) is 1.67. The van der Waals surface area contributed by atoms with Crippen LogP contribution in [0.3, 0.4) is 0 Å². The third-order valence-electron chi connectivity index (χ3n) is 2.70. The van der Waals surface area contributed by atoms with Crippen LogP contribution in [-0.4, -0.2) is 22.9 Å². The fraction of sp³-hybridized carbons (Fsp3) is 0.778. The van der Waals surface area contributed by atoms with Gasteiger partial charge in [0.25, 0.3) is 0 Å². The molecule has 0 bridgehead atoms. The summed E-state index contributed by atoms with van der Waals surface area (Å²) in [7, 11) is 0. The largest absolute Gasteiger partial charge is 0.396 e. The fourth-order valence-corrected chi connectivity index (χ4v) is 1.67. The molecule has 3 atom stereocenters. The van der Waals surface area contributed by atoms with Crippen LogP contribution >= 0.6 is 0 Å². The molecular weight excluding hydrogens is 140 g/mol. The lowest BCUT2D eigenvalue weighted by molar-refractivity contribution is 0.0637. The van der Waals surface area contributed by atoms with E-state index >= 15 is 0 Å². The lowest BCUT2D eigenvalue weighted by Crippen LogP contribution is -2.31. The first kappa shape index (κ1) is 8.75. The molecule has 2 heteroatoms. The van der Waals surface area contributed by atoms with Crippen molar-refractivity contribution in [3.05, 3.63) is 11.6 Å². The van der Waals surface area contributed by atoms with Crippen LogP contribution in [0.2, 0.25) is 0 Å². The first-order valence-electron chi connectivity index (χ1n) is 4.12. The van der Waals surface area contributed by atoms with Gasteiger partial charge in [-0.15, -0.1) is 0 Å². The second-order valence-corrected chi connectivity index (χ2v) is 3.40. The minimum atomic E-state index is -0.268. The number of hydrogen-bond acceptors (Lipinski definition) is 2. The molecule has 0 amide bonds. The molecule has 0 heterocycles. The zero-order valence-electron chi connectivity index (χ0n) is 7.12. The van der Waals surface area contributed by atoms with Crippen molar-refractivity contribution in [2.45, 2.75) is 26.4 Å². The number of rotatable bonds is 1. The van der Waals surface area contributed by atoms with Crippen LogP contribution in [0.4, 0.5) is 0 Å². The van der Waals surface area contributed by atoms with Gasteiger partial charge in [0, 0.05) is 12.5 Å². The van der Waals surface area contributed by atoms with E-state index in [4.69, 9.17) is 5.11 Å². The van der Waals surface area contributed by atoms with Gasteiger partial charge in [-0.3, -0.25) is 0 Å². The molecule has 0 aromatic carbocycles. The van der Waals surface area contributed by atoms with Gasteiger partial charge >= 0.3 is 0 Å². The van der Waals surface area contributed by atoms with E-state index in [0.717, 1.165) is 6.42 Å². The summed E-state index contributed by atoms with van der Waals surface area (Å²) in [4.78, 5) is 0. The van der Waals surface area contributed by atoms with E-state index in [1.54, 1.807) is 0 Å². The molecule has 64 valence electrons. The van der Waals surface area contributed by atoms with Gasteiger partial charge in [0.15, 0.2) is 0 Å². The molecule has 0 saturated heterocycles. The van der Waals surface area contributed by atoms with Crippen LogP contribution in [-0.2, 0) is 0 Å². The summed E-state index contributed by atoms with van der Waals surface area (Å²) in [6, 6.07) is 0. The molecule has 1 rings (SSSR count). The van der Waals surface area contributed by atoms with Crippen LogP contribution in [0.25, 0.3) is 0 Å². The Hall–Kier alpha value is -0.340. The summed E-state index contributed by atoms with van der Waals surface area (Å²) in [6.45, 7) is 4.16. The highest BCUT2D eigenvalue weighted by Crippen LogP contribution is 2.29. The van der Waals surface area contributed by atoms with Gasteiger partial charge in [-0.2, -0.15) is 0 Å². The van der Waals surface area contributed by atoms with Crippen molar-refractivity contribution in [2.75, 3.05) is 6.61 Å². The van der Waals surface area contributed by atoms with E-state index in [0.29, 0.717) is 0 Å². The van der Waals surface area contributed by atoms with Crippen molar-refractivity contribution in [1.29, 1.82) is 0 Å². The second-order valence-electron chi connectivity index (χ2n) is 3.40. The Morgan fingerprint density at radius 2 is 2.27 bits per heavy atom. The second kappa shape index (κ2) is 3.37. The predicted molar refractivity (Wildman–Crippen MR) is 44.1 cm³/mol. The summed E-state index contributed by atoms with van der Waals surface area (Å²) in [6.07, 6.45) is 2.49. The van der Waals surface area contributed by atoms with Crippen molar-refractivity contribution in [2.24, 2.45) is 11.8 Å². The Labute approximate surface area is 67.6 Å². The molecule has 0 aliphatic heterocycles. The van der Waals surface area contributed by atoms with Crippen LogP contribution in [0, 0.1) is 11.8 Å². The predicted octanol–water partition coefficient (Wildman–Crippen LogP) is 0.942. The van der Waals surface area contributed by atoms with Gasteiger partial charge in [-0.25, -0.2) is 0 Å². The van der Waals surface area contributed by atoms with Crippen LogP contribution in [0.15, 0.2) is 11.6 Å². The van der Waals surface area contributed by atoms with Gasteiger partial charge in [0.2, 0.25) is 0 Å². The molecular formula is C9H16O2. The highest BCUT2D eigenvalue weighted by Gasteiger charge is 2.27. The Bertz CT molecular complexity index is 163. The summed E-state index contributed by atoms with van der Waals surface area (Å²) in [5, 5.41) is 18.4. The number of aliphatic hydroxyl groups excluding tert-OH is 2. The minimum absolute atomic E-state index is 0.153. The number of aliphatic hydroxyl groups is 2. The first-order valence-corrected chi connectivity index (χ1v) is 4.12. The maximum absolute atomic E-state index is 9.44. The van der Waals surface area contributed by atoms with E-state index in [1.165, 1.54) is 5.57 Å². The van der Waals surface area contributed by atoms with Crippen molar-refractivity contribution in [1.82, 2.24) is 0 Å². The Morgan fingerprint density at radius 3 is 2.73 bits per heavy atom. The first-order chi connectivity index (χ1) is 5.16. The summed E-state index contributed by atoms with van der Waals surface area (Å²) in [5.41, 5.74) is 1.21. The average Bonchev–Trinajstić information content (AvgIpc) is 1.99. The SMILES string of the molecule is CC1=CCC(O)C(C)C1CO. The molecule has 0 saturated carbocycles. The normalized spacial score (nSPS) is 38.5. The van der Waals surface area contributed by atoms with Gasteiger partial charge in [-0.05, 0) is 19.3 Å². The Kier molecular flexibility index (Phi) is 2.68. The zero-order valence-corrected chi connectivity index (χ0v) is 7.12. The van der Waals surface area contributed by atoms with Gasteiger partial charge in [-0.1, -0.05) is 18.6 Å². The molecule has 0 fully saturated rings. The molecule has 2 nitrogen and oxygen atoms in total. The molecule has 0 spiro atoms. The maximum atomic E-state index is 9.44. The Balaban J connectivity index is 2.72. The summed E-state index contributed by atoms with van der Waals surface area (Å²) >= 11 is 0. The third-order valence-corrected chi connectivity index (χ3v) is 2.70. The topological polar surface area (TPSA) is 40.5 Å². The van der Waals surface area contributed by atoms with Crippen LogP contribution < -0.4 is 0 Å². The Morgan fingerprint density at radius 1 is 1.64 bits per heavy atom. The highest BCUT2D eigenvalue weighted by molar-refractivity contribution is 5.10. The molecule has 0 aromatic heterocycles. The third kappa shape index (κ3) is 1.63. The molecule has 2 N–H and O–H groups in total. The van der Waals surface area contributed by atoms with Crippen molar-refractivity contribution in [3.8, 4) is 0 Å². The van der Waals surface area contributed by atoms with Crippen molar-refractivity contribution >= 4 is 0 Å². The molecule has 1 aliphatic carbocycles. The highest BCUT2D eigenvalue weighted by atomic mass is 16.3. The van der Waals surface area contributed by atoms with E-state index in [9.17, 15) is 5.11 Å². The molecule has 3 unspecified atom stereocenters. The van der Waals surface area contributed by atoms with Crippen LogP contribution in [0.5, 0.6) is 0 Å².